The van der Waals surface area contributed by atoms with Crippen LogP contribution < -0.4 is 10.1 Å². The number of hydrogen-bond donors (Lipinski definition) is 1. The first-order valence-corrected chi connectivity index (χ1v) is 10.8. The number of thiazole rings is 1. The van der Waals surface area contributed by atoms with Gasteiger partial charge < -0.3 is 10.1 Å². The molecule has 0 bridgehead atoms. The number of hydrogen-bond acceptors (Lipinski definition) is 5. The molecule has 0 radical (unpaired) electrons. The summed E-state index contributed by atoms with van der Waals surface area (Å²) in [4.78, 5) is 22.7. The van der Waals surface area contributed by atoms with Crippen LogP contribution in [0.1, 0.15) is 35.7 Å². The normalized spacial score (nSPS) is 10.9. The first kappa shape index (κ1) is 20.0. The Morgan fingerprint density at radius 1 is 1.10 bits per heavy atom. The van der Waals surface area contributed by atoms with Gasteiger partial charge in [0.15, 0.2) is 0 Å². The molecule has 1 N–H and O–H groups in total. The van der Waals surface area contributed by atoms with E-state index in [4.69, 9.17) is 9.72 Å². The van der Waals surface area contributed by atoms with Crippen molar-refractivity contribution in [3.8, 4) is 16.3 Å². The molecule has 152 valence electrons. The largest absolute Gasteiger partial charge is 0.494 e. The van der Waals surface area contributed by atoms with Crippen LogP contribution in [-0.2, 0) is 0 Å². The summed E-state index contributed by atoms with van der Waals surface area (Å²) in [5.74, 6) is 0.629. The first-order chi connectivity index (χ1) is 14.7. The summed E-state index contributed by atoms with van der Waals surface area (Å²) in [7, 11) is 0. The molecule has 0 saturated carbocycles. The van der Waals surface area contributed by atoms with Crippen molar-refractivity contribution < 1.29 is 9.53 Å². The molecule has 2 aromatic carbocycles. The van der Waals surface area contributed by atoms with Gasteiger partial charge in [-0.3, -0.25) is 4.79 Å². The first-order valence-electron chi connectivity index (χ1n) is 10.0. The molecule has 0 atom stereocenters. The predicted octanol–water partition coefficient (Wildman–Crippen LogP) is 6.10. The number of anilines is 1. The Labute approximate surface area is 179 Å². The number of aromatic nitrogens is 2. The van der Waals surface area contributed by atoms with Gasteiger partial charge in [-0.15, -0.1) is 0 Å². The summed E-state index contributed by atoms with van der Waals surface area (Å²) in [6, 6.07) is 16.9. The van der Waals surface area contributed by atoms with Crippen molar-refractivity contribution in [1.82, 2.24) is 9.97 Å². The minimum atomic E-state index is -0.152. The summed E-state index contributed by atoms with van der Waals surface area (Å²) in [5, 5.41) is 3.92. The lowest BCUT2D eigenvalue weighted by atomic mass is 10.1. The Hall–Kier alpha value is -3.25. The van der Waals surface area contributed by atoms with Crippen LogP contribution >= 0.6 is 11.3 Å². The number of unbranched alkanes of at least 4 members (excludes halogenated alkanes) is 1. The van der Waals surface area contributed by atoms with Gasteiger partial charge in [0.05, 0.1) is 6.61 Å². The SMILES string of the molecule is CCCCOc1ccc(C(=O)Nc2cccc(-c3nc4cccnc4s3)c2C)cc1. The van der Waals surface area contributed by atoms with Gasteiger partial charge in [-0.2, -0.15) is 0 Å². The Bertz CT molecular complexity index is 1140. The van der Waals surface area contributed by atoms with Crippen LogP contribution in [0.15, 0.2) is 60.8 Å². The van der Waals surface area contributed by atoms with Crippen LogP contribution in [0.3, 0.4) is 0 Å². The lowest BCUT2D eigenvalue weighted by Crippen LogP contribution is -2.13. The molecule has 5 nitrogen and oxygen atoms in total. The topological polar surface area (TPSA) is 64.1 Å². The van der Waals surface area contributed by atoms with Crippen LogP contribution in [0.5, 0.6) is 5.75 Å². The number of ether oxygens (including phenoxy) is 1. The van der Waals surface area contributed by atoms with Crippen molar-refractivity contribution in [2.24, 2.45) is 0 Å². The molecule has 0 fully saturated rings. The number of rotatable bonds is 7. The van der Waals surface area contributed by atoms with Crippen LogP contribution in [0.25, 0.3) is 20.9 Å². The van der Waals surface area contributed by atoms with Gasteiger partial charge in [0.25, 0.3) is 5.91 Å². The zero-order valence-electron chi connectivity index (χ0n) is 17.0. The predicted molar refractivity (Wildman–Crippen MR) is 122 cm³/mol. The van der Waals surface area contributed by atoms with E-state index in [-0.39, 0.29) is 5.91 Å². The molecule has 4 aromatic rings. The number of benzene rings is 2. The Morgan fingerprint density at radius 2 is 1.93 bits per heavy atom. The van der Waals surface area contributed by atoms with Crippen molar-refractivity contribution in [2.75, 3.05) is 11.9 Å². The average molecular weight is 418 g/mol. The van der Waals surface area contributed by atoms with Crippen molar-refractivity contribution in [2.45, 2.75) is 26.7 Å². The van der Waals surface area contributed by atoms with Crippen LogP contribution in [0, 0.1) is 6.92 Å². The fourth-order valence-electron chi connectivity index (χ4n) is 3.12. The van der Waals surface area contributed by atoms with Gasteiger partial charge in [0, 0.05) is 23.0 Å². The second kappa shape index (κ2) is 9.05. The smallest absolute Gasteiger partial charge is 0.255 e. The van der Waals surface area contributed by atoms with E-state index in [0.29, 0.717) is 12.2 Å². The van der Waals surface area contributed by atoms with Gasteiger partial charge in [-0.05, 0) is 61.4 Å². The second-order valence-electron chi connectivity index (χ2n) is 7.01. The zero-order valence-corrected chi connectivity index (χ0v) is 17.8. The van der Waals surface area contributed by atoms with E-state index in [2.05, 4.69) is 17.2 Å². The van der Waals surface area contributed by atoms with E-state index in [1.54, 1.807) is 29.7 Å². The van der Waals surface area contributed by atoms with E-state index < -0.39 is 0 Å². The van der Waals surface area contributed by atoms with Gasteiger partial charge >= 0.3 is 0 Å². The van der Waals surface area contributed by atoms with Gasteiger partial charge in [0.1, 0.15) is 21.1 Å². The Morgan fingerprint density at radius 3 is 2.70 bits per heavy atom. The number of pyridine rings is 1. The minimum Gasteiger partial charge on any atom is -0.494 e. The average Bonchev–Trinajstić information content (AvgIpc) is 3.20. The molecule has 30 heavy (non-hydrogen) atoms. The summed E-state index contributed by atoms with van der Waals surface area (Å²) in [5.41, 5.74) is 4.22. The third-order valence-corrected chi connectivity index (χ3v) is 5.87. The maximum absolute atomic E-state index is 12.8. The molecular formula is C24H23N3O2S. The van der Waals surface area contributed by atoms with Crippen molar-refractivity contribution in [1.29, 1.82) is 0 Å². The summed E-state index contributed by atoms with van der Waals surface area (Å²) in [6.07, 6.45) is 3.88. The number of fused-ring (bicyclic) bond motifs is 1. The van der Waals surface area contributed by atoms with Crippen molar-refractivity contribution in [3.05, 3.63) is 71.9 Å². The fourth-order valence-corrected chi connectivity index (χ4v) is 4.11. The number of carbonyl (C=O) groups excluding carboxylic acids is 1. The monoisotopic (exact) mass is 417 g/mol. The molecule has 6 heteroatoms. The molecule has 0 spiro atoms. The Kier molecular flexibility index (Phi) is 6.05. The highest BCUT2D eigenvalue weighted by Crippen LogP contribution is 2.33. The quantitative estimate of drug-likeness (QED) is 0.369. The molecule has 0 aliphatic carbocycles. The number of nitrogens with zero attached hydrogens (tertiary/aromatic N) is 2. The maximum Gasteiger partial charge on any atom is 0.255 e. The lowest BCUT2D eigenvalue weighted by Gasteiger charge is -2.12. The van der Waals surface area contributed by atoms with Crippen LogP contribution in [0.4, 0.5) is 5.69 Å². The third-order valence-electron chi connectivity index (χ3n) is 4.86. The standard InChI is InChI=1S/C24H23N3O2S/c1-3-4-15-29-18-12-10-17(11-13-18)22(28)26-20-8-5-7-19(16(20)2)23-27-21-9-6-14-25-24(21)30-23/h5-14H,3-4,15H2,1-2H3,(H,26,28). The van der Waals surface area contributed by atoms with E-state index in [0.717, 1.165) is 50.8 Å². The van der Waals surface area contributed by atoms with E-state index in [1.807, 2.05) is 49.4 Å². The number of nitrogens with one attached hydrogen (secondary N) is 1. The minimum absolute atomic E-state index is 0.152. The molecule has 4 rings (SSSR count). The molecule has 0 unspecified atom stereocenters. The van der Waals surface area contributed by atoms with E-state index in [1.165, 1.54) is 0 Å². The summed E-state index contributed by atoms with van der Waals surface area (Å²) in [6.45, 7) is 4.81. The van der Waals surface area contributed by atoms with E-state index >= 15 is 0 Å². The van der Waals surface area contributed by atoms with Crippen molar-refractivity contribution >= 4 is 33.3 Å². The molecule has 0 saturated heterocycles. The molecular weight excluding hydrogens is 394 g/mol. The van der Waals surface area contributed by atoms with Crippen LogP contribution in [0.2, 0.25) is 0 Å². The highest BCUT2D eigenvalue weighted by molar-refractivity contribution is 7.21. The van der Waals surface area contributed by atoms with Gasteiger partial charge in [-0.1, -0.05) is 36.8 Å². The highest BCUT2D eigenvalue weighted by Gasteiger charge is 2.14. The van der Waals surface area contributed by atoms with Crippen molar-refractivity contribution in [3.63, 3.8) is 0 Å². The van der Waals surface area contributed by atoms with Crippen LogP contribution in [-0.4, -0.2) is 22.5 Å². The summed E-state index contributed by atoms with van der Waals surface area (Å²) < 4.78 is 5.67. The maximum atomic E-state index is 12.8. The molecule has 2 heterocycles. The number of amides is 1. The summed E-state index contributed by atoms with van der Waals surface area (Å²) >= 11 is 1.55. The molecule has 0 aliphatic rings. The lowest BCUT2D eigenvalue weighted by molar-refractivity contribution is 0.102. The third kappa shape index (κ3) is 4.33. The van der Waals surface area contributed by atoms with Gasteiger partial charge in [0.2, 0.25) is 0 Å². The fraction of sp³-hybridized carbons (Fsp3) is 0.208. The van der Waals surface area contributed by atoms with E-state index in [9.17, 15) is 4.79 Å². The highest BCUT2D eigenvalue weighted by atomic mass is 32.1. The zero-order chi connectivity index (χ0) is 20.9. The molecule has 0 aliphatic heterocycles. The number of carbonyl (C=O) groups is 1. The molecule has 2 aromatic heterocycles. The van der Waals surface area contributed by atoms with Gasteiger partial charge in [-0.25, -0.2) is 9.97 Å². The second-order valence-corrected chi connectivity index (χ2v) is 7.98. The Balaban J connectivity index is 1.52. The molecule has 1 amide bonds.